The van der Waals surface area contributed by atoms with Crippen LogP contribution in [0, 0.1) is 0 Å². The zero-order valence-corrected chi connectivity index (χ0v) is 11.2. The van der Waals surface area contributed by atoms with E-state index in [0.717, 1.165) is 36.6 Å². The van der Waals surface area contributed by atoms with E-state index in [1.807, 2.05) is 30.3 Å². The maximum Gasteiger partial charge on any atom is 0.251 e. The molecule has 1 aromatic heterocycles. The summed E-state index contributed by atoms with van der Waals surface area (Å²) in [5, 5.41) is 13.5. The molecule has 1 amide bonds. The van der Waals surface area contributed by atoms with E-state index in [0.29, 0.717) is 5.56 Å². The first-order chi connectivity index (χ1) is 9.72. The largest absolute Gasteiger partial charge is 0.393 e. The van der Waals surface area contributed by atoms with E-state index in [1.54, 1.807) is 6.20 Å². The van der Waals surface area contributed by atoms with E-state index < -0.39 is 0 Å². The highest BCUT2D eigenvalue weighted by Crippen LogP contribution is 2.19. The van der Waals surface area contributed by atoms with E-state index in [1.165, 1.54) is 0 Å². The first-order valence-electron chi connectivity index (χ1n) is 7.06. The van der Waals surface area contributed by atoms with Crippen molar-refractivity contribution in [3.05, 3.63) is 42.1 Å². The molecule has 4 heteroatoms. The van der Waals surface area contributed by atoms with Gasteiger partial charge < -0.3 is 10.4 Å². The van der Waals surface area contributed by atoms with Crippen LogP contribution in [-0.4, -0.2) is 28.1 Å². The fraction of sp³-hybridized carbons (Fsp3) is 0.375. The van der Waals surface area contributed by atoms with E-state index in [2.05, 4.69) is 10.3 Å². The van der Waals surface area contributed by atoms with Crippen molar-refractivity contribution in [2.75, 3.05) is 0 Å². The molecule has 0 aliphatic heterocycles. The maximum atomic E-state index is 12.2. The van der Waals surface area contributed by atoms with Gasteiger partial charge in [-0.3, -0.25) is 9.78 Å². The standard InChI is InChI=1S/C16H18N2O2/c19-14-6-4-13(5-7-14)18-16(20)12-3-8-15-11(10-12)2-1-9-17-15/h1-3,8-10,13-14,19H,4-7H2,(H,18,20). The lowest BCUT2D eigenvalue weighted by atomic mass is 9.93. The number of aliphatic hydroxyl groups excluding tert-OH is 1. The van der Waals surface area contributed by atoms with E-state index in [9.17, 15) is 9.90 Å². The van der Waals surface area contributed by atoms with Crippen LogP contribution in [0.5, 0.6) is 0 Å². The van der Waals surface area contributed by atoms with Crippen LogP contribution in [0.15, 0.2) is 36.5 Å². The third-order valence-corrected chi connectivity index (χ3v) is 3.90. The lowest BCUT2D eigenvalue weighted by molar-refractivity contribution is 0.0868. The van der Waals surface area contributed by atoms with Gasteiger partial charge in [0.25, 0.3) is 5.91 Å². The lowest BCUT2D eigenvalue weighted by Gasteiger charge is -2.26. The Kier molecular flexibility index (Phi) is 3.65. The highest BCUT2D eigenvalue weighted by molar-refractivity contribution is 5.98. The minimum Gasteiger partial charge on any atom is -0.393 e. The quantitative estimate of drug-likeness (QED) is 0.880. The molecular formula is C16H18N2O2. The Labute approximate surface area is 117 Å². The van der Waals surface area contributed by atoms with Crippen LogP contribution in [0.4, 0.5) is 0 Å². The van der Waals surface area contributed by atoms with Crippen molar-refractivity contribution in [1.29, 1.82) is 0 Å². The monoisotopic (exact) mass is 270 g/mol. The lowest BCUT2D eigenvalue weighted by Crippen LogP contribution is -2.38. The fourth-order valence-corrected chi connectivity index (χ4v) is 2.71. The Hall–Kier alpha value is -1.94. The Morgan fingerprint density at radius 3 is 2.80 bits per heavy atom. The molecule has 1 aliphatic rings. The van der Waals surface area contributed by atoms with Gasteiger partial charge in [0.15, 0.2) is 0 Å². The van der Waals surface area contributed by atoms with Crippen molar-refractivity contribution in [3.63, 3.8) is 0 Å². The van der Waals surface area contributed by atoms with E-state index in [-0.39, 0.29) is 18.1 Å². The minimum absolute atomic E-state index is 0.0443. The number of hydrogen-bond acceptors (Lipinski definition) is 3. The molecule has 1 aromatic carbocycles. The molecule has 0 radical (unpaired) electrons. The number of rotatable bonds is 2. The summed E-state index contributed by atoms with van der Waals surface area (Å²) in [6.07, 6.45) is 4.79. The molecule has 104 valence electrons. The summed E-state index contributed by atoms with van der Waals surface area (Å²) < 4.78 is 0. The van der Waals surface area contributed by atoms with Crippen molar-refractivity contribution in [3.8, 4) is 0 Å². The van der Waals surface area contributed by atoms with Crippen molar-refractivity contribution in [2.45, 2.75) is 37.8 Å². The SMILES string of the molecule is O=C(NC1CCC(O)CC1)c1ccc2ncccc2c1. The highest BCUT2D eigenvalue weighted by Gasteiger charge is 2.21. The number of nitrogens with zero attached hydrogens (tertiary/aromatic N) is 1. The van der Waals surface area contributed by atoms with Crippen LogP contribution in [0.25, 0.3) is 10.9 Å². The molecule has 0 atom stereocenters. The minimum atomic E-state index is -0.199. The number of amides is 1. The van der Waals surface area contributed by atoms with Crippen molar-refractivity contribution in [2.24, 2.45) is 0 Å². The molecular weight excluding hydrogens is 252 g/mol. The molecule has 3 rings (SSSR count). The van der Waals surface area contributed by atoms with Crippen molar-refractivity contribution >= 4 is 16.8 Å². The first kappa shape index (κ1) is 13.1. The smallest absolute Gasteiger partial charge is 0.251 e. The summed E-state index contributed by atoms with van der Waals surface area (Å²) in [5.74, 6) is -0.0443. The number of benzene rings is 1. The van der Waals surface area contributed by atoms with E-state index >= 15 is 0 Å². The van der Waals surface area contributed by atoms with Gasteiger partial charge in [-0.15, -0.1) is 0 Å². The fourth-order valence-electron chi connectivity index (χ4n) is 2.71. The predicted molar refractivity (Wildman–Crippen MR) is 77.5 cm³/mol. The predicted octanol–water partition coefficient (Wildman–Crippen LogP) is 2.27. The molecule has 1 heterocycles. The van der Waals surface area contributed by atoms with Crippen LogP contribution < -0.4 is 5.32 Å². The Balaban J connectivity index is 1.72. The number of aromatic nitrogens is 1. The molecule has 1 fully saturated rings. The maximum absolute atomic E-state index is 12.2. The molecule has 0 saturated heterocycles. The van der Waals surface area contributed by atoms with Crippen LogP contribution in [0.3, 0.4) is 0 Å². The topological polar surface area (TPSA) is 62.2 Å². The number of hydrogen-bond donors (Lipinski definition) is 2. The number of aliphatic hydroxyl groups is 1. The van der Waals surface area contributed by atoms with Gasteiger partial charge in [-0.2, -0.15) is 0 Å². The number of pyridine rings is 1. The Bertz CT molecular complexity index is 619. The normalized spacial score (nSPS) is 22.6. The van der Waals surface area contributed by atoms with Gasteiger partial charge in [-0.1, -0.05) is 6.07 Å². The molecule has 20 heavy (non-hydrogen) atoms. The average molecular weight is 270 g/mol. The third-order valence-electron chi connectivity index (χ3n) is 3.90. The Morgan fingerprint density at radius 1 is 1.20 bits per heavy atom. The van der Waals surface area contributed by atoms with Gasteiger partial charge in [0, 0.05) is 23.2 Å². The van der Waals surface area contributed by atoms with Gasteiger partial charge in [-0.25, -0.2) is 0 Å². The van der Waals surface area contributed by atoms with E-state index in [4.69, 9.17) is 0 Å². The second kappa shape index (κ2) is 5.59. The van der Waals surface area contributed by atoms with Gasteiger partial charge in [0.1, 0.15) is 0 Å². The summed E-state index contributed by atoms with van der Waals surface area (Å²) in [4.78, 5) is 16.5. The van der Waals surface area contributed by atoms with Crippen LogP contribution >= 0.6 is 0 Å². The second-order valence-corrected chi connectivity index (χ2v) is 5.39. The molecule has 2 N–H and O–H groups in total. The summed E-state index contributed by atoms with van der Waals surface area (Å²) in [6.45, 7) is 0. The molecule has 2 aromatic rings. The highest BCUT2D eigenvalue weighted by atomic mass is 16.3. The van der Waals surface area contributed by atoms with Crippen LogP contribution in [0.1, 0.15) is 36.0 Å². The summed E-state index contributed by atoms with van der Waals surface area (Å²) in [5.41, 5.74) is 1.56. The molecule has 1 saturated carbocycles. The summed E-state index contributed by atoms with van der Waals surface area (Å²) in [6, 6.07) is 9.55. The first-order valence-corrected chi connectivity index (χ1v) is 7.06. The van der Waals surface area contributed by atoms with Gasteiger partial charge >= 0.3 is 0 Å². The van der Waals surface area contributed by atoms with Crippen LogP contribution in [0.2, 0.25) is 0 Å². The molecule has 0 bridgehead atoms. The van der Waals surface area contributed by atoms with Gasteiger partial charge in [0.05, 0.1) is 11.6 Å². The molecule has 0 spiro atoms. The average Bonchev–Trinajstić information content (AvgIpc) is 2.49. The number of carbonyl (C=O) groups is 1. The zero-order valence-electron chi connectivity index (χ0n) is 11.2. The van der Waals surface area contributed by atoms with Crippen molar-refractivity contribution < 1.29 is 9.90 Å². The third kappa shape index (κ3) is 2.80. The number of nitrogens with one attached hydrogen (secondary N) is 1. The van der Waals surface area contributed by atoms with Crippen molar-refractivity contribution in [1.82, 2.24) is 10.3 Å². The van der Waals surface area contributed by atoms with Crippen LogP contribution in [-0.2, 0) is 0 Å². The number of carbonyl (C=O) groups excluding carboxylic acids is 1. The summed E-state index contributed by atoms with van der Waals surface area (Å²) >= 11 is 0. The second-order valence-electron chi connectivity index (χ2n) is 5.39. The summed E-state index contributed by atoms with van der Waals surface area (Å²) in [7, 11) is 0. The molecule has 1 aliphatic carbocycles. The van der Waals surface area contributed by atoms with Gasteiger partial charge in [0.2, 0.25) is 0 Å². The van der Waals surface area contributed by atoms with Gasteiger partial charge in [-0.05, 0) is 49.9 Å². The molecule has 0 unspecified atom stereocenters. The Morgan fingerprint density at radius 2 is 2.00 bits per heavy atom. The number of fused-ring (bicyclic) bond motifs is 1. The zero-order chi connectivity index (χ0) is 13.9. The molecule has 4 nitrogen and oxygen atoms in total.